The van der Waals surface area contributed by atoms with Crippen molar-refractivity contribution in [3.8, 4) is 11.3 Å². The molecule has 0 amide bonds. The number of rotatable bonds is 6. The maximum absolute atomic E-state index is 9.98. The highest BCUT2D eigenvalue weighted by Crippen LogP contribution is 2.31. The first-order valence-electron chi connectivity index (χ1n) is 11.1. The minimum absolute atomic E-state index is 0. The van der Waals surface area contributed by atoms with Gasteiger partial charge in [-0.2, -0.15) is 0 Å². The average Bonchev–Trinajstić information content (AvgIpc) is 2.77. The molecule has 0 spiro atoms. The minimum atomic E-state index is -0.630. The second-order valence-electron chi connectivity index (χ2n) is 8.98. The van der Waals surface area contributed by atoms with Crippen LogP contribution >= 0.6 is 24.8 Å². The Morgan fingerprint density at radius 1 is 0.938 bits per heavy atom. The van der Waals surface area contributed by atoms with Crippen molar-refractivity contribution in [1.29, 1.82) is 0 Å². The van der Waals surface area contributed by atoms with Gasteiger partial charge in [-0.15, -0.1) is 24.8 Å². The van der Waals surface area contributed by atoms with E-state index in [0.29, 0.717) is 0 Å². The van der Waals surface area contributed by atoms with Crippen LogP contribution in [-0.2, 0) is 6.42 Å². The molecule has 1 aliphatic heterocycles. The predicted molar refractivity (Wildman–Crippen MR) is 141 cm³/mol. The fourth-order valence-electron chi connectivity index (χ4n) is 4.14. The van der Waals surface area contributed by atoms with Crippen molar-refractivity contribution < 1.29 is 5.11 Å². The molecule has 4 rings (SSSR count). The van der Waals surface area contributed by atoms with E-state index < -0.39 is 5.60 Å². The van der Waals surface area contributed by atoms with Crippen LogP contribution in [0, 0.1) is 0 Å². The second-order valence-corrected chi connectivity index (χ2v) is 8.98. The van der Waals surface area contributed by atoms with Gasteiger partial charge in [-0.3, -0.25) is 0 Å². The van der Waals surface area contributed by atoms with Crippen LogP contribution in [0.25, 0.3) is 22.0 Å². The van der Waals surface area contributed by atoms with E-state index in [4.69, 9.17) is 4.98 Å². The van der Waals surface area contributed by atoms with Gasteiger partial charge in [0.15, 0.2) is 0 Å². The van der Waals surface area contributed by atoms with Gasteiger partial charge in [0.1, 0.15) is 5.82 Å². The largest absolute Gasteiger partial charge is 0.390 e. The van der Waals surface area contributed by atoms with Gasteiger partial charge in [0.2, 0.25) is 0 Å². The molecule has 1 saturated heterocycles. The number of hydrogen-bond acceptors (Lipinski definition) is 4. The zero-order chi connectivity index (χ0) is 21.1. The van der Waals surface area contributed by atoms with Crippen LogP contribution < -0.4 is 4.90 Å². The fraction of sp³-hybridized carbons (Fsp3) is 0.423. The highest BCUT2D eigenvalue weighted by atomic mass is 35.5. The summed E-state index contributed by atoms with van der Waals surface area (Å²) < 4.78 is 0. The SMILES string of the molecule is CCN1CCN(c2nc(-c3ccc(CCC(C)(C)O)cc3)cc3ccccc23)CC1.Cl.Cl. The lowest BCUT2D eigenvalue weighted by Crippen LogP contribution is -2.46. The van der Waals surface area contributed by atoms with Crippen LogP contribution in [0.1, 0.15) is 32.8 Å². The topological polar surface area (TPSA) is 39.6 Å². The molecule has 2 aromatic carbocycles. The number of hydrogen-bond donors (Lipinski definition) is 1. The quantitative estimate of drug-likeness (QED) is 0.504. The van der Waals surface area contributed by atoms with E-state index in [2.05, 4.69) is 71.3 Å². The number of pyridine rings is 1. The van der Waals surface area contributed by atoms with Gasteiger partial charge in [-0.1, -0.05) is 55.5 Å². The molecule has 32 heavy (non-hydrogen) atoms. The monoisotopic (exact) mass is 475 g/mol. The Morgan fingerprint density at radius 3 is 2.22 bits per heavy atom. The molecule has 0 unspecified atom stereocenters. The maximum atomic E-state index is 9.98. The summed E-state index contributed by atoms with van der Waals surface area (Å²) in [5.74, 6) is 1.10. The number of likely N-dealkylation sites (N-methyl/N-ethyl adjacent to an activating group) is 1. The molecule has 1 aliphatic rings. The van der Waals surface area contributed by atoms with Crippen LogP contribution in [0.4, 0.5) is 5.82 Å². The zero-order valence-electron chi connectivity index (χ0n) is 19.3. The van der Waals surface area contributed by atoms with Crippen molar-refractivity contribution in [3.63, 3.8) is 0 Å². The Morgan fingerprint density at radius 2 is 1.59 bits per heavy atom. The molecule has 0 saturated carbocycles. The first-order chi connectivity index (χ1) is 14.4. The third-order valence-corrected chi connectivity index (χ3v) is 6.11. The van der Waals surface area contributed by atoms with E-state index in [1.807, 2.05) is 13.8 Å². The molecule has 2 heterocycles. The van der Waals surface area contributed by atoms with Gasteiger partial charge in [-0.25, -0.2) is 4.98 Å². The summed E-state index contributed by atoms with van der Waals surface area (Å²) in [5, 5.41) is 12.4. The summed E-state index contributed by atoms with van der Waals surface area (Å²) in [5.41, 5.74) is 2.78. The Bertz CT molecular complexity index is 994. The fourth-order valence-corrected chi connectivity index (χ4v) is 4.14. The van der Waals surface area contributed by atoms with E-state index in [-0.39, 0.29) is 24.8 Å². The standard InChI is InChI=1S/C26H33N3O.2ClH/c1-4-28-15-17-29(18-16-28)25-23-8-6-5-7-22(23)19-24(27-25)21-11-9-20(10-12-21)13-14-26(2,3)30;;/h5-12,19,30H,4,13-18H2,1-3H3;2*1H. The van der Waals surface area contributed by atoms with E-state index in [1.165, 1.54) is 16.3 Å². The van der Waals surface area contributed by atoms with Crippen molar-refractivity contribution in [2.45, 2.75) is 39.2 Å². The van der Waals surface area contributed by atoms with Crippen molar-refractivity contribution >= 4 is 41.4 Å². The third-order valence-electron chi connectivity index (χ3n) is 6.11. The van der Waals surface area contributed by atoms with Crippen molar-refractivity contribution in [2.75, 3.05) is 37.6 Å². The van der Waals surface area contributed by atoms with Crippen molar-refractivity contribution in [2.24, 2.45) is 0 Å². The molecule has 174 valence electrons. The average molecular weight is 476 g/mol. The van der Waals surface area contributed by atoms with Crippen LogP contribution in [0.3, 0.4) is 0 Å². The van der Waals surface area contributed by atoms with Gasteiger partial charge in [-0.05, 0) is 50.2 Å². The van der Waals surface area contributed by atoms with E-state index in [1.54, 1.807) is 0 Å². The van der Waals surface area contributed by atoms with E-state index in [9.17, 15) is 5.11 Å². The molecule has 0 bridgehead atoms. The summed E-state index contributed by atoms with van der Waals surface area (Å²) >= 11 is 0. The Hall–Kier alpha value is -1.85. The normalized spacial score (nSPS) is 14.7. The summed E-state index contributed by atoms with van der Waals surface area (Å²) in [6.07, 6.45) is 1.64. The number of halogens is 2. The van der Waals surface area contributed by atoms with Crippen molar-refractivity contribution in [1.82, 2.24) is 9.88 Å². The molecule has 4 nitrogen and oxygen atoms in total. The smallest absolute Gasteiger partial charge is 0.137 e. The molecular weight excluding hydrogens is 441 g/mol. The summed E-state index contributed by atoms with van der Waals surface area (Å²) in [6.45, 7) is 11.3. The lowest BCUT2D eigenvalue weighted by Gasteiger charge is -2.35. The van der Waals surface area contributed by atoms with Crippen molar-refractivity contribution in [3.05, 3.63) is 60.2 Å². The number of benzene rings is 2. The third kappa shape index (κ3) is 6.35. The number of anilines is 1. The number of nitrogens with zero attached hydrogens (tertiary/aromatic N) is 3. The first kappa shape index (κ1) is 26.4. The van der Waals surface area contributed by atoms with Gasteiger partial charge in [0.25, 0.3) is 0 Å². The lowest BCUT2D eigenvalue weighted by molar-refractivity contribution is 0.0714. The molecule has 1 aromatic heterocycles. The van der Waals surface area contributed by atoms with Gasteiger partial charge in [0.05, 0.1) is 11.3 Å². The van der Waals surface area contributed by atoms with Gasteiger partial charge in [0, 0.05) is 37.1 Å². The number of fused-ring (bicyclic) bond motifs is 1. The minimum Gasteiger partial charge on any atom is -0.390 e. The number of piperazine rings is 1. The second kappa shape index (κ2) is 11.3. The molecule has 0 aliphatic carbocycles. The highest BCUT2D eigenvalue weighted by Gasteiger charge is 2.20. The first-order valence-corrected chi connectivity index (χ1v) is 11.1. The molecule has 3 aromatic rings. The van der Waals surface area contributed by atoms with Crippen LogP contribution in [0.5, 0.6) is 0 Å². The summed E-state index contributed by atoms with van der Waals surface area (Å²) in [7, 11) is 0. The van der Waals surface area contributed by atoms with E-state index in [0.717, 1.165) is 62.6 Å². The Balaban J connectivity index is 0.00000181. The van der Waals surface area contributed by atoms with Crippen LogP contribution in [0.15, 0.2) is 54.6 Å². The summed E-state index contributed by atoms with van der Waals surface area (Å²) in [4.78, 5) is 10.1. The van der Waals surface area contributed by atoms with Gasteiger partial charge >= 0.3 is 0 Å². The van der Waals surface area contributed by atoms with Crippen LogP contribution in [0.2, 0.25) is 0 Å². The highest BCUT2D eigenvalue weighted by molar-refractivity contribution is 5.95. The molecule has 0 atom stereocenters. The lowest BCUT2D eigenvalue weighted by atomic mass is 9.97. The number of aryl methyl sites for hydroxylation is 1. The molecule has 6 heteroatoms. The Labute approximate surface area is 204 Å². The Kier molecular flexibility index (Phi) is 9.35. The number of aliphatic hydroxyl groups is 1. The zero-order valence-corrected chi connectivity index (χ0v) is 20.9. The molecular formula is C26H35Cl2N3O. The predicted octanol–water partition coefficient (Wildman–Crippen LogP) is 5.59. The molecule has 1 N–H and O–H groups in total. The van der Waals surface area contributed by atoms with Gasteiger partial charge < -0.3 is 14.9 Å². The van der Waals surface area contributed by atoms with E-state index >= 15 is 0 Å². The molecule has 1 fully saturated rings. The van der Waals surface area contributed by atoms with Crippen LogP contribution in [-0.4, -0.2) is 53.3 Å². The maximum Gasteiger partial charge on any atom is 0.137 e. The summed E-state index contributed by atoms with van der Waals surface area (Å²) in [6, 6.07) is 19.4. The number of aromatic nitrogens is 1. The molecule has 0 radical (unpaired) electrons.